The van der Waals surface area contributed by atoms with Gasteiger partial charge < -0.3 is 5.11 Å². The fraction of sp³-hybridized carbons (Fsp3) is 0.385. The van der Waals surface area contributed by atoms with Gasteiger partial charge in [-0.2, -0.15) is 0 Å². The summed E-state index contributed by atoms with van der Waals surface area (Å²) in [6.07, 6.45) is 6.64. The second-order valence-corrected chi connectivity index (χ2v) is 3.62. The lowest BCUT2D eigenvalue weighted by molar-refractivity contribution is 0.165. The van der Waals surface area contributed by atoms with Gasteiger partial charge in [-0.25, -0.2) is 4.39 Å². The van der Waals surface area contributed by atoms with Crippen LogP contribution in [0.25, 0.3) is 0 Å². The van der Waals surface area contributed by atoms with Crippen LogP contribution in [0.1, 0.15) is 36.5 Å². The fourth-order valence-corrected chi connectivity index (χ4v) is 1.44. The Morgan fingerprint density at radius 3 is 2.87 bits per heavy atom. The third-order valence-electron chi connectivity index (χ3n) is 2.37. The topological polar surface area (TPSA) is 20.2 Å². The van der Waals surface area contributed by atoms with E-state index in [4.69, 9.17) is 6.42 Å². The predicted octanol–water partition coefficient (Wildman–Crippen LogP) is 2.97. The molecule has 1 atom stereocenters. The van der Waals surface area contributed by atoms with E-state index in [-0.39, 0.29) is 5.82 Å². The van der Waals surface area contributed by atoms with Crippen LogP contribution in [-0.2, 0) is 0 Å². The lowest BCUT2D eigenvalue weighted by Crippen LogP contribution is -1.98. The molecule has 0 amide bonds. The van der Waals surface area contributed by atoms with Crippen LogP contribution >= 0.6 is 0 Å². The molecule has 0 aliphatic rings. The molecule has 1 rings (SSSR count). The number of aliphatic hydroxyl groups is 1. The zero-order valence-corrected chi connectivity index (χ0v) is 8.83. The molecule has 1 N–H and O–H groups in total. The van der Waals surface area contributed by atoms with Crippen LogP contribution in [0.2, 0.25) is 0 Å². The number of hydrogen-bond donors (Lipinski definition) is 1. The second kappa shape index (κ2) is 5.53. The van der Waals surface area contributed by atoms with Crippen molar-refractivity contribution in [2.24, 2.45) is 0 Å². The molecule has 1 nitrogen and oxygen atoms in total. The fourth-order valence-electron chi connectivity index (χ4n) is 1.44. The summed E-state index contributed by atoms with van der Waals surface area (Å²) in [7, 11) is 0. The largest absolute Gasteiger partial charge is 0.388 e. The van der Waals surface area contributed by atoms with Crippen molar-refractivity contribution in [2.45, 2.75) is 32.3 Å². The summed E-state index contributed by atoms with van der Waals surface area (Å²) in [6.45, 7) is 1.69. The van der Waals surface area contributed by atoms with Crippen molar-refractivity contribution in [1.82, 2.24) is 0 Å². The van der Waals surface area contributed by atoms with E-state index in [1.807, 2.05) is 0 Å². The van der Waals surface area contributed by atoms with Crippen molar-refractivity contribution < 1.29 is 9.50 Å². The van der Waals surface area contributed by atoms with Crippen LogP contribution in [0.5, 0.6) is 0 Å². The number of hydrogen-bond acceptors (Lipinski definition) is 1. The Balaban J connectivity index is 2.62. The number of halogens is 1. The molecule has 0 radical (unpaired) electrons. The third-order valence-corrected chi connectivity index (χ3v) is 2.37. The van der Waals surface area contributed by atoms with Crippen LogP contribution < -0.4 is 0 Å². The van der Waals surface area contributed by atoms with E-state index in [0.29, 0.717) is 18.4 Å². The first-order valence-electron chi connectivity index (χ1n) is 5.02. The summed E-state index contributed by atoms with van der Waals surface area (Å²) in [5.41, 5.74) is 1.31. The van der Waals surface area contributed by atoms with Gasteiger partial charge in [-0.3, -0.25) is 0 Å². The minimum absolute atomic E-state index is 0.241. The molecule has 2 heteroatoms. The van der Waals surface area contributed by atoms with E-state index >= 15 is 0 Å². The number of aliphatic hydroxyl groups excluding tert-OH is 1. The molecule has 0 aliphatic carbocycles. The molecule has 0 bridgehead atoms. The highest BCUT2D eigenvalue weighted by Gasteiger charge is 2.08. The maximum atomic E-state index is 13.0. The maximum Gasteiger partial charge on any atom is 0.126 e. The molecule has 0 spiro atoms. The van der Waals surface area contributed by atoms with Gasteiger partial charge in [-0.1, -0.05) is 12.1 Å². The van der Waals surface area contributed by atoms with Crippen molar-refractivity contribution in [3.63, 3.8) is 0 Å². The predicted molar refractivity (Wildman–Crippen MR) is 58.8 cm³/mol. The summed E-state index contributed by atoms with van der Waals surface area (Å²) in [4.78, 5) is 0. The Bertz CT molecular complexity index is 365. The molecular formula is C13H15FO. The smallest absolute Gasteiger partial charge is 0.126 e. The number of benzene rings is 1. The molecule has 1 aromatic carbocycles. The molecule has 0 aliphatic heterocycles. The summed E-state index contributed by atoms with van der Waals surface area (Å²) in [5, 5.41) is 9.77. The van der Waals surface area contributed by atoms with Crippen LogP contribution in [0, 0.1) is 25.1 Å². The summed E-state index contributed by atoms with van der Waals surface area (Å²) >= 11 is 0. The van der Waals surface area contributed by atoms with Crippen molar-refractivity contribution in [3.8, 4) is 12.3 Å². The first kappa shape index (κ1) is 11.7. The molecule has 80 valence electrons. The van der Waals surface area contributed by atoms with E-state index in [1.54, 1.807) is 19.1 Å². The van der Waals surface area contributed by atoms with Gasteiger partial charge >= 0.3 is 0 Å². The lowest BCUT2D eigenvalue weighted by Gasteiger charge is -2.10. The van der Waals surface area contributed by atoms with E-state index in [2.05, 4.69) is 5.92 Å². The summed E-state index contributed by atoms with van der Waals surface area (Å²) in [5.74, 6) is 2.28. The Morgan fingerprint density at radius 2 is 2.27 bits per heavy atom. The van der Waals surface area contributed by atoms with Gasteiger partial charge in [0.25, 0.3) is 0 Å². The van der Waals surface area contributed by atoms with E-state index in [9.17, 15) is 9.50 Å². The van der Waals surface area contributed by atoms with Gasteiger partial charge in [-0.15, -0.1) is 12.3 Å². The maximum absolute atomic E-state index is 13.0. The molecule has 1 aromatic rings. The Labute approximate surface area is 89.9 Å². The van der Waals surface area contributed by atoms with Crippen molar-refractivity contribution in [1.29, 1.82) is 0 Å². The van der Waals surface area contributed by atoms with Crippen LogP contribution in [-0.4, -0.2) is 5.11 Å². The number of aryl methyl sites for hydroxylation is 1. The normalized spacial score (nSPS) is 12.1. The highest BCUT2D eigenvalue weighted by molar-refractivity contribution is 5.25. The number of rotatable bonds is 4. The molecule has 0 aromatic heterocycles. The zero-order valence-electron chi connectivity index (χ0n) is 8.83. The Kier molecular flexibility index (Phi) is 4.33. The van der Waals surface area contributed by atoms with Crippen LogP contribution in [0.15, 0.2) is 18.2 Å². The van der Waals surface area contributed by atoms with E-state index in [1.165, 1.54) is 6.07 Å². The SMILES string of the molecule is C#CCCCC(O)c1ccc(F)c(C)c1. The van der Waals surface area contributed by atoms with Gasteiger partial charge in [0.1, 0.15) is 5.82 Å². The Hall–Kier alpha value is -1.33. The van der Waals surface area contributed by atoms with Crippen molar-refractivity contribution in [3.05, 3.63) is 35.1 Å². The summed E-state index contributed by atoms with van der Waals surface area (Å²) in [6, 6.07) is 4.67. The molecule has 1 unspecified atom stereocenters. The summed E-state index contributed by atoms with van der Waals surface area (Å²) < 4.78 is 13.0. The van der Waals surface area contributed by atoms with Gasteiger partial charge in [-0.05, 0) is 37.0 Å². The van der Waals surface area contributed by atoms with E-state index < -0.39 is 6.10 Å². The van der Waals surface area contributed by atoms with Gasteiger partial charge in [0.05, 0.1) is 6.10 Å². The monoisotopic (exact) mass is 206 g/mol. The highest BCUT2D eigenvalue weighted by Crippen LogP contribution is 2.21. The van der Waals surface area contributed by atoms with Crippen molar-refractivity contribution in [2.75, 3.05) is 0 Å². The van der Waals surface area contributed by atoms with Gasteiger partial charge in [0.15, 0.2) is 0 Å². The molecule has 0 fully saturated rings. The third kappa shape index (κ3) is 3.38. The number of terminal acetylenes is 1. The average molecular weight is 206 g/mol. The second-order valence-electron chi connectivity index (χ2n) is 3.62. The highest BCUT2D eigenvalue weighted by atomic mass is 19.1. The first-order valence-corrected chi connectivity index (χ1v) is 5.02. The van der Waals surface area contributed by atoms with Crippen LogP contribution in [0.4, 0.5) is 4.39 Å². The minimum atomic E-state index is -0.544. The van der Waals surface area contributed by atoms with Crippen molar-refractivity contribution >= 4 is 0 Å². The molecule has 0 saturated carbocycles. The molecule has 15 heavy (non-hydrogen) atoms. The molecular weight excluding hydrogens is 191 g/mol. The molecule has 0 heterocycles. The molecule has 0 saturated heterocycles. The van der Waals surface area contributed by atoms with Gasteiger partial charge in [0, 0.05) is 6.42 Å². The van der Waals surface area contributed by atoms with Gasteiger partial charge in [0.2, 0.25) is 0 Å². The average Bonchev–Trinajstić information content (AvgIpc) is 2.22. The first-order chi connectivity index (χ1) is 7.15. The quantitative estimate of drug-likeness (QED) is 0.593. The standard InChI is InChI=1S/C13H15FO/c1-3-4-5-6-13(15)11-7-8-12(14)10(2)9-11/h1,7-9,13,15H,4-6H2,2H3. The minimum Gasteiger partial charge on any atom is -0.388 e. The lowest BCUT2D eigenvalue weighted by atomic mass is 10.0. The Morgan fingerprint density at radius 1 is 1.53 bits per heavy atom. The zero-order chi connectivity index (χ0) is 11.3. The van der Waals surface area contributed by atoms with Crippen LogP contribution in [0.3, 0.4) is 0 Å². The number of unbranched alkanes of at least 4 members (excludes halogenated alkanes) is 1. The van der Waals surface area contributed by atoms with E-state index in [0.717, 1.165) is 12.0 Å².